The minimum atomic E-state index is -1.06. The number of anilines is 1. The Morgan fingerprint density at radius 2 is 1.51 bits per heavy atom. The van der Waals surface area contributed by atoms with Gasteiger partial charge in [-0.1, -0.05) is 63.2 Å². The van der Waals surface area contributed by atoms with Gasteiger partial charge in [0.15, 0.2) is 0 Å². The number of amides is 3. The largest absolute Gasteiger partial charge is 0.508 e. The maximum Gasteiger partial charge on any atom is 0.408 e. The van der Waals surface area contributed by atoms with Gasteiger partial charge in [-0.15, -0.1) is 0 Å². The van der Waals surface area contributed by atoms with Crippen molar-refractivity contribution >= 4 is 34.4 Å². The Bertz CT molecular complexity index is 1380. The topological polar surface area (TPSA) is 108 Å². The molecule has 220 valence electrons. The summed E-state index contributed by atoms with van der Waals surface area (Å²) in [7, 11) is 0. The van der Waals surface area contributed by atoms with E-state index >= 15 is 0 Å². The van der Waals surface area contributed by atoms with Crippen molar-refractivity contribution in [2.75, 3.05) is 5.32 Å². The molecule has 41 heavy (non-hydrogen) atoms. The van der Waals surface area contributed by atoms with Crippen LogP contribution >= 0.6 is 0 Å². The van der Waals surface area contributed by atoms with E-state index in [1.165, 1.54) is 12.1 Å². The van der Waals surface area contributed by atoms with E-state index in [1.54, 1.807) is 37.8 Å². The lowest BCUT2D eigenvalue weighted by atomic mass is 9.90. The van der Waals surface area contributed by atoms with Crippen molar-refractivity contribution in [3.63, 3.8) is 0 Å². The lowest BCUT2D eigenvalue weighted by Gasteiger charge is -2.45. The Morgan fingerprint density at radius 3 is 2.07 bits per heavy atom. The number of nitrogens with one attached hydrogen (secondary N) is 2. The number of rotatable bonds is 9. The van der Waals surface area contributed by atoms with Crippen LogP contribution in [0, 0.1) is 5.92 Å². The van der Waals surface area contributed by atoms with Gasteiger partial charge in [-0.3, -0.25) is 9.59 Å². The molecule has 0 spiro atoms. The summed E-state index contributed by atoms with van der Waals surface area (Å²) in [6.07, 6.45) is -0.172. The molecule has 0 aliphatic rings. The summed E-state index contributed by atoms with van der Waals surface area (Å²) >= 11 is 0. The van der Waals surface area contributed by atoms with Crippen LogP contribution in [0.2, 0.25) is 0 Å². The first-order valence-corrected chi connectivity index (χ1v) is 14.0. The van der Waals surface area contributed by atoms with Crippen LogP contribution in [0.4, 0.5) is 10.5 Å². The van der Waals surface area contributed by atoms with Gasteiger partial charge in [0.25, 0.3) is 5.91 Å². The van der Waals surface area contributed by atoms with Gasteiger partial charge < -0.3 is 25.4 Å². The smallest absolute Gasteiger partial charge is 0.408 e. The number of nitrogens with zero attached hydrogens (tertiary/aromatic N) is 1. The summed E-state index contributed by atoms with van der Waals surface area (Å²) in [6, 6.07) is 17.7. The molecule has 0 heterocycles. The molecule has 8 heteroatoms. The Kier molecular flexibility index (Phi) is 9.69. The van der Waals surface area contributed by atoms with Crippen molar-refractivity contribution < 1.29 is 24.2 Å². The van der Waals surface area contributed by atoms with Crippen molar-refractivity contribution in [1.29, 1.82) is 0 Å². The molecule has 2 unspecified atom stereocenters. The molecule has 0 bridgehead atoms. The number of ether oxygens (including phenoxy) is 1. The van der Waals surface area contributed by atoms with Crippen molar-refractivity contribution in [3.05, 3.63) is 72.3 Å². The van der Waals surface area contributed by atoms with Crippen molar-refractivity contribution in [2.24, 2.45) is 5.92 Å². The van der Waals surface area contributed by atoms with Gasteiger partial charge >= 0.3 is 6.09 Å². The number of alkyl carbamates (subject to hydrolysis) is 1. The SMILES string of the molecule is CCC(C)(C)N(C(=O)C(NC(=O)OC(C)(C)C)C(C)C)C(C(=O)Nc1ccc2ccccc2c1)c1ccc(O)cc1. The molecule has 0 saturated heterocycles. The summed E-state index contributed by atoms with van der Waals surface area (Å²) in [6.45, 7) is 14.7. The zero-order chi connectivity index (χ0) is 30.5. The molecule has 8 nitrogen and oxygen atoms in total. The second-order valence-electron chi connectivity index (χ2n) is 12.3. The Labute approximate surface area is 243 Å². The van der Waals surface area contributed by atoms with E-state index in [0.29, 0.717) is 17.7 Å². The molecule has 0 aromatic heterocycles. The average Bonchev–Trinajstić information content (AvgIpc) is 2.89. The van der Waals surface area contributed by atoms with E-state index in [4.69, 9.17) is 4.74 Å². The monoisotopic (exact) mass is 561 g/mol. The van der Waals surface area contributed by atoms with Gasteiger partial charge in [-0.25, -0.2) is 4.79 Å². The van der Waals surface area contributed by atoms with Crippen LogP contribution in [0.1, 0.15) is 73.4 Å². The molecular formula is C33H43N3O5. The highest BCUT2D eigenvalue weighted by molar-refractivity contribution is 6.00. The molecule has 0 aliphatic carbocycles. The Morgan fingerprint density at radius 1 is 0.902 bits per heavy atom. The molecule has 3 aromatic rings. The van der Waals surface area contributed by atoms with E-state index in [9.17, 15) is 19.5 Å². The molecule has 3 amide bonds. The summed E-state index contributed by atoms with van der Waals surface area (Å²) in [5.74, 6) is -1.08. The van der Waals surface area contributed by atoms with E-state index in [1.807, 2.05) is 77.1 Å². The first-order valence-electron chi connectivity index (χ1n) is 14.0. The van der Waals surface area contributed by atoms with Crippen molar-refractivity contribution in [2.45, 2.75) is 85.0 Å². The molecule has 3 aromatic carbocycles. The summed E-state index contributed by atoms with van der Waals surface area (Å²) in [5, 5.41) is 17.7. The van der Waals surface area contributed by atoms with Crippen LogP contribution in [0.15, 0.2) is 66.7 Å². The average molecular weight is 562 g/mol. The number of phenolic OH excluding ortho intramolecular Hbond substituents is 1. The first-order chi connectivity index (χ1) is 19.1. The quantitative estimate of drug-likeness (QED) is 0.267. The third-order valence-corrected chi connectivity index (χ3v) is 7.09. The lowest BCUT2D eigenvalue weighted by Crippen LogP contribution is -2.60. The standard InChI is InChI=1S/C33H43N3O5/c1-9-33(7,8)36(30(39)27(21(2)3)35-31(40)41-32(4,5)6)28(23-15-18-26(37)19-16-23)29(38)34-25-17-14-22-12-10-11-13-24(22)20-25/h10-21,27-28,37H,9H2,1-8H3,(H,34,38)(H,35,40). The number of carbonyl (C=O) groups is 3. The van der Waals surface area contributed by atoms with E-state index in [2.05, 4.69) is 10.6 Å². The highest BCUT2D eigenvalue weighted by atomic mass is 16.6. The number of hydrogen-bond donors (Lipinski definition) is 3. The van der Waals surface area contributed by atoms with Gasteiger partial charge in [0.1, 0.15) is 23.4 Å². The van der Waals surface area contributed by atoms with Gasteiger partial charge in [-0.2, -0.15) is 0 Å². The number of benzene rings is 3. The number of phenols is 1. The molecule has 0 fully saturated rings. The third-order valence-electron chi connectivity index (χ3n) is 7.09. The second kappa shape index (κ2) is 12.6. The lowest BCUT2D eigenvalue weighted by molar-refractivity contribution is -0.148. The molecule has 0 aliphatic heterocycles. The summed E-state index contributed by atoms with van der Waals surface area (Å²) < 4.78 is 5.45. The van der Waals surface area contributed by atoms with Crippen molar-refractivity contribution in [3.8, 4) is 5.75 Å². The predicted octanol–water partition coefficient (Wildman–Crippen LogP) is 6.79. The van der Waals surface area contributed by atoms with Crippen LogP contribution in [0.5, 0.6) is 5.75 Å². The fourth-order valence-electron chi connectivity index (χ4n) is 4.60. The zero-order valence-corrected chi connectivity index (χ0v) is 25.3. The van der Waals surface area contributed by atoms with Gasteiger partial charge in [0.05, 0.1) is 0 Å². The van der Waals surface area contributed by atoms with Gasteiger partial charge in [0, 0.05) is 11.2 Å². The minimum Gasteiger partial charge on any atom is -0.508 e. The predicted molar refractivity (Wildman–Crippen MR) is 163 cm³/mol. The molecule has 3 rings (SSSR count). The molecule has 0 saturated carbocycles. The normalized spacial score (nSPS) is 13.4. The van der Waals surface area contributed by atoms with Gasteiger partial charge in [-0.05, 0) is 87.6 Å². The molecule has 2 atom stereocenters. The third kappa shape index (κ3) is 7.99. The van der Waals surface area contributed by atoms with E-state index in [-0.39, 0.29) is 11.7 Å². The fraction of sp³-hybridized carbons (Fsp3) is 0.424. The molecule has 0 radical (unpaired) electrons. The second-order valence-corrected chi connectivity index (χ2v) is 12.3. The number of carbonyl (C=O) groups excluding carboxylic acids is 3. The molecular weight excluding hydrogens is 518 g/mol. The number of aromatic hydroxyl groups is 1. The molecule has 3 N–H and O–H groups in total. The highest BCUT2D eigenvalue weighted by Gasteiger charge is 2.44. The fourth-order valence-corrected chi connectivity index (χ4v) is 4.60. The van der Waals surface area contributed by atoms with Crippen LogP contribution < -0.4 is 10.6 Å². The van der Waals surface area contributed by atoms with E-state index in [0.717, 1.165) is 10.8 Å². The van der Waals surface area contributed by atoms with E-state index < -0.39 is 41.1 Å². The van der Waals surface area contributed by atoms with Crippen LogP contribution in [0.3, 0.4) is 0 Å². The van der Waals surface area contributed by atoms with Crippen LogP contribution in [-0.4, -0.2) is 45.1 Å². The summed E-state index contributed by atoms with van der Waals surface area (Å²) in [4.78, 5) is 42.9. The van der Waals surface area contributed by atoms with Crippen LogP contribution in [-0.2, 0) is 14.3 Å². The first kappa shape index (κ1) is 31.5. The van der Waals surface area contributed by atoms with Crippen molar-refractivity contribution in [1.82, 2.24) is 10.2 Å². The minimum absolute atomic E-state index is 0.0433. The number of fused-ring (bicyclic) bond motifs is 1. The van der Waals surface area contributed by atoms with Gasteiger partial charge in [0.2, 0.25) is 5.91 Å². The Hall–Kier alpha value is -4.07. The number of hydrogen-bond acceptors (Lipinski definition) is 5. The van der Waals surface area contributed by atoms with Crippen LogP contribution in [0.25, 0.3) is 10.8 Å². The Balaban J connectivity index is 2.09. The maximum absolute atomic E-state index is 14.4. The summed E-state index contributed by atoms with van der Waals surface area (Å²) in [5.41, 5.74) is -0.420. The highest BCUT2D eigenvalue weighted by Crippen LogP contribution is 2.34. The maximum atomic E-state index is 14.4. The zero-order valence-electron chi connectivity index (χ0n) is 25.3.